The minimum atomic E-state index is -3.84. The zero-order valence-corrected chi connectivity index (χ0v) is 16.0. The molecule has 0 saturated carbocycles. The average molecular weight is 401 g/mol. The quantitative estimate of drug-likeness (QED) is 0.646. The van der Waals surface area contributed by atoms with Crippen molar-refractivity contribution in [3.63, 3.8) is 0 Å². The van der Waals surface area contributed by atoms with Crippen LogP contribution in [0.3, 0.4) is 0 Å². The van der Waals surface area contributed by atoms with Gasteiger partial charge in [-0.15, -0.1) is 0 Å². The number of nitrogens with zero attached hydrogens (tertiary/aromatic N) is 1. The lowest BCUT2D eigenvalue weighted by atomic mass is 10.1. The van der Waals surface area contributed by atoms with Crippen LogP contribution in [0.15, 0.2) is 53.4 Å². The molecular weight excluding hydrogens is 382 g/mol. The molecule has 0 aliphatic rings. The molecule has 0 bridgehead atoms. The lowest BCUT2D eigenvalue weighted by molar-refractivity contribution is -0.146. The molecule has 146 valence electrons. The molecule has 9 heteroatoms. The minimum Gasteiger partial charge on any atom is -0.455 e. The predicted octanol–water partition coefficient (Wildman–Crippen LogP) is 1.52. The number of amides is 1. The van der Waals surface area contributed by atoms with Crippen molar-refractivity contribution in [2.45, 2.75) is 18.2 Å². The number of esters is 1. The summed E-state index contributed by atoms with van der Waals surface area (Å²) < 4.78 is 31.1. The van der Waals surface area contributed by atoms with Crippen molar-refractivity contribution in [1.82, 2.24) is 4.72 Å². The summed E-state index contributed by atoms with van der Waals surface area (Å²) in [5, 5.41) is 11.1. The van der Waals surface area contributed by atoms with Gasteiger partial charge in [0.1, 0.15) is 6.54 Å². The Morgan fingerprint density at radius 2 is 1.71 bits per heavy atom. The number of nitriles is 1. The highest BCUT2D eigenvalue weighted by Gasteiger charge is 2.16. The minimum absolute atomic E-state index is 0.0310. The molecule has 1 amide bonds. The SMILES string of the molecule is Cc1ccc(S(=O)(=O)NCC(=O)OCC(=O)Nc2ccc(CC#N)cc2)cc1. The van der Waals surface area contributed by atoms with E-state index in [2.05, 4.69) is 10.0 Å². The fourth-order valence-corrected chi connectivity index (χ4v) is 3.11. The van der Waals surface area contributed by atoms with E-state index >= 15 is 0 Å². The summed E-state index contributed by atoms with van der Waals surface area (Å²) in [6, 6.07) is 14.8. The van der Waals surface area contributed by atoms with E-state index in [0.29, 0.717) is 5.69 Å². The van der Waals surface area contributed by atoms with Crippen molar-refractivity contribution in [3.05, 3.63) is 59.7 Å². The molecule has 0 fully saturated rings. The first kappa shape index (κ1) is 21.1. The van der Waals surface area contributed by atoms with Gasteiger partial charge in [-0.2, -0.15) is 9.98 Å². The van der Waals surface area contributed by atoms with Crippen LogP contribution in [-0.2, 0) is 30.8 Å². The molecule has 0 aliphatic heterocycles. The number of benzene rings is 2. The molecular formula is C19H19N3O5S. The van der Waals surface area contributed by atoms with E-state index in [1.165, 1.54) is 12.1 Å². The largest absolute Gasteiger partial charge is 0.455 e. The summed E-state index contributed by atoms with van der Waals surface area (Å²) in [6.45, 7) is 0.685. The van der Waals surface area contributed by atoms with Crippen LogP contribution in [0.5, 0.6) is 0 Å². The Balaban J connectivity index is 1.77. The molecule has 0 radical (unpaired) electrons. The highest BCUT2D eigenvalue weighted by Crippen LogP contribution is 2.10. The van der Waals surface area contributed by atoms with Gasteiger partial charge in [0, 0.05) is 5.69 Å². The maximum absolute atomic E-state index is 12.1. The first-order chi connectivity index (χ1) is 13.3. The Kier molecular flexibility index (Phi) is 7.26. The third-order valence-corrected chi connectivity index (χ3v) is 5.04. The van der Waals surface area contributed by atoms with Crippen LogP contribution in [0.1, 0.15) is 11.1 Å². The van der Waals surface area contributed by atoms with Gasteiger partial charge in [-0.3, -0.25) is 9.59 Å². The number of nitrogens with one attached hydrogen (secondary N) is 2. The zero-order valence-electron chi connectivity index (χ0n) is 15.1. The number of anilines is 1. The Morgan fingerprint density at radius 3 is 2.32 bits per heavy atom. The second-order valence-electron chi connectivity index (χ2n) is 5.88. The first-order valence-electron chi connectivity index (χ1n) is 8.28. The van der Waals surface area contributed by atoms with E-state index in [0.717, 1.165) is 11.1 Å². The number of aryl methyl sites for hydroxylation is 1. The predicted molar refractivity (Wildman–Crippen MR) is 102 cm³/mol. The topological polar surface area (TPSA) is 125 Å². The van der Waals surface area contributed by atoms with E-state index < -0.39 is 35.1 Å². The zero-order chi connectivity index (χ0) is 20.6. The van der Waals surface area contributed by atoms with E-state index in [4.69, 9.17) is 10.00 Å². The summed E-state index contributed by atoms with van der Waals surface area (Å²) in [4.78, 5) is 23.5. The number of rotatable bonds is 8. The van der Waals surface area contributed by atoms with Gasteiger partial charge in [0.05, 0.1) is 17.4 Å². The number of hydrogen-bond acceptors (Lipinski definition) is 6. The molecule has 0 saturated heterocycles. The maximum Gasteiger partial charge on any atom is 0.321 e. The maximum atomic E-state index is 12.1. The van der Waals surface area contributed by atoms with Crippen molar-refractivity contribution in [2.24, 2.45) is 0 Å². The van der Waals surface area contributed by atoms with Crippen LogP contribution >= 0.6 is 0 Å². The Hall–Kier alpha value is -3.22. The molecule has 28 heavy (non-hydrogen) atoms. The number of hydrogen-bond donors (Lipinski definition) is 2. The van der Waals surface area contributed by atoms with Crippen molar-refractivity contribution in [2.75, 3.05) is 18.5 Å². The van der Waals surface area contributed by atoms with Gasteiger partial charge in [0.2, 0.25) is 10.0 Å². The van der Waals surface area contributed by atoms with Gasteiger partial charge >= 0.3 is 5.97 Å². The molecule has 0 aliphatic carbocycles. The normalized spacial score (nSPS) is 10.7. The van der Waals surface area contributed by atoms with Crippen molar-refractivity contribution in [1.29, 1.82) is 5.26 Å². The fourth-order valence-electron chi connectivity index (χ4n) is 2.15. The number of ether oxygens (including phenoxy) is 1. The second kappa shape index (κ2) is 9.64. The lowest BCUT2D eigenvalue weighted by Crippen LogP contribution is -2.32. The van der Waals surface area contributed by atoms with Crippen LogP contribution in [0.2, 0.25) is 0 Å². The Morgan fingerprint density at radius 1 is 1.07 bits per heavy atom. The van der Waals surface area contributed by atoms with Gasteiger partial charge in [0.15, 0.2) is 6.61 Å². The highest BCUT2D eigenvalue weighted by atomic mass is 32.2. The molecule has 2 N–H and O–H groups in total. The fraction of sp³-hybridized carbons (Fsp3) is 0.211. The smallest absolute Gasteiger partial charge is 0.321 e. The molecule has 2 aromatic rings. The Bertz CT molecular complexity index is 978. The molecule has 0 aromatic heterocycles. The van der Waals surface area contributed by atoms with Crippen LogP contribution in [0.4, 0.5) is 5.69 Å². The average Bonchev–Trinajstić information content (AvgIpc) is 2.67. The van der Waals surface area contributed by atoms with Gasteiger partial charge in [0.25, 0.3) is 5.91 Å². The molecule has 0 atom stereocenters. The first-order valence-corrected chi connectivity index (χ1v) is 9.76. The van der Waals surface area contributed by atoms with Gasteiger partial charge in [-0.25, -0.2) is 8.42 Å². The van der Waals surface area contributed by atoms with Crippen LogP contribution < -0.4 is 10.0 Å². The third-order valence-electron chi connectivity index (χ3n) is 3.62. The monoisotopic (exact) mass is 401 g/mol. The highest BCUT2D eigenvalue weighted by molar-refractivity contribution is 7.89. The molecule has 2 aromatic carbocycles. The van der Waals surface area contributed by atoms with Crippen molar-refractivity contribution in [3.8, 4) is 6.07 Å². The summed E-state index contributed by atoms with van der Waals surface area (Å²) in [5.41, 5.74) is 2.21. The van der Waals surface area contributed by atoms with E-state index in [9.17, 15) is 18.0 Å². The van der Waals surface area contributed by atoms with Crippen LogP contribution in [-0.4, -0.2) is 33.4 Å². The molecule has 0 unspecified atom stereocenters. The van der Waals surface area contributed by atoms with Crippen LogP contribution in [0, 0.1) is 18.3 Å². The van der Waals surface area contributed by atoms with E-state index in [1.54, 1.807) is 36.4 Å². The molecule has 0 spiro atoms. The summed E-state index contributed by atoms with van der Waals surface area (Å²) >= 11 is 0. The standard InChI is InChI=1S/C19H19N3O5S/c1-14-2-8-17(9-3-14)28(25,26)21-12-19(24)27-13-18(23)22-16-6-4-15(5-7-16)10-11-20/h2-9,21H,10,12-13H2,1H3,(H,22,23). The van der Waals surface area contributed by atoms with Gasteiger partial charge in [-0.1, -0.05) is 29.8 Å². The van der Waals surface area contributed by atoms with Crippen LogP contribution in [0.25, 0.3) is 0 Å². The number of carbonyl (C=O) groups is 2. The second-order valence-corrected chi connectivity index (χ2v) is 7.65. The third kappa shape index (κ3) is 6.50. The molecule has 0 heterocycles. The van der Waals surface area contributed by atoms with E-state index in [1.807, 2.05) is 13.0 Å². The Labute approximate surface area is 163 Å². The number of carbonyl (C=O) groups excluding carboxylic acids is 2. The van der Waals surface area contributed by atoms with Crippen molar-refractivity contribution >= 4 is 27.6 Å². The van der Waals surface area contributed by atoms with Gasteiger partial charge < -0.3 is 10.1 Å². The summed E-state index contributed by atoms with van der Waals surface area (Å²) in [6.07, 6.45) is 0.268. The summed E-state index contributed by atoms with van der Waals surface area (Å²) in [5.74, 6) is -1.45. The van der Waals surface area contributed by atoms with E-state index in [-0.39, 0.29) is 11.3 Å². The number of sulfonamides is 1. The van der Waals surface area contributed by atoms with Crippen molar-refractivity contribution < 1.29 is 22.7 Å². The molecule has 2 rings (SSSR count). The van der Waals surface area contributed by atoms with Gasteiger partial charge in [-0.05, 0) is 36.8 Å². The molecule has 8 nitrogen and oxygen atoms in total. The lowest BCUT2D eigenvalue weighted by Gasteiger charge is -2.08. The summed E-state index contributed by atoms with van der Waals surface area (Å²) in [7, 11) is -3.84.